The Kier molecular flexibility index (Phi) is 6.52. The van der Waals surface area contributed by atoms with Crippen LogP contribution in [-0.4, -0.2) is 16.6 Å². The van der Waals surface area contributed by atoms with Crippen LogP contribution in [0.2, 0.25) is 0 Å². The number of rotatable bonds is 6. The molecule has 0 aliphatic heterocycles. The normalized spacial score (nSPS) is 12.0. The van der Waals surface area contributed by atoms with Gasteiger partial charge < -0.3 is 4.57 Å². The predicted octanol–water partition coefficient (Wildman–Crippen LogP) is 5.41. The fourth-order valence-corrected chi connectivity index (χ4v) is 4.08. The van der Waals surface area contributed by atoms with Crippen molar-refractivity contribution in [2.45, 2.75) is 17.2 Å². The van der Waals surface area contributed by atoms with Gasteiger partial charge in [0.1, 0.15) is 5.82 Å². The highest BCUT2D eigenvalue weighted by Gasteiger charge is 2.22. The van der Waals surface area contributed by atoms with Crippen LogP contribution in [0.4, 0.5) is 4.39 Å². The molecule has 3 rings (SSSR count). The lowest BCUT2D eigenvalue weighted by molar-refractivity contribution is 0.0976. The maximum Gasteiger partial charge on any atom is 0.250 e. The van der Waals surface area contributed by atoms with Crippen LogP contribution in [0.15, 0.2) is 75.0 Å². The van der Waals surface area contributed by atoms with Gasteiger partial charge in [0.15, 0.2) is 5.78 Å². The third kappa shape index (κ3) is 4.62. The van der Waals surface area contributed by atoms with E-state index >= 15 is 0 Å². The molecule has 6 heteroatoms. The topological polar surface area (TPSA) is 39.1 Å². The van der Waals surface area contributed by atoms with Crippen molar-refractivity contribution in [1.82, 2.24) is 4.57 Å². The van der Waals surface area contributed by atoms with Gasteiger partial charge in [0, 0.05) is 46.6 Å². The molecule has 0 aliphatic carbocycles. The average molecular weight is 460 g/mol. The number of Topliss-reactive ketones (excluding diaryl/α,β-unsaturated/α-hetero) is 1. The summed E-state index contributed by atoms with van der Waals surface area (Å²) < 4.78 is 16.1. The number of aromatic nitrogens is 1. The Balaban J connectivity index is 2.03. The summed E-state index contributed by atoms with van der Waals surface area (Å²) in [6.07, 6.45) is 3.67. The lowest BCUT2D eigenvalue weighted by Crippen LogP contribution is -2.17. The van der Waals surface area contributed by atoms with E-state index in [2.05, 4.69) is 15.9 Å². The number of thioether (sulfide) groups is 1. The van der Waals surface area contributed by atoms with Crippen molar-refractivity contribution in [3.05, 3.63) is 98.1 Å². The highest BCUT2D eigenvalue weighted by atomic mass is 79.9. The van der Waals surface area contributed by atoms with Crippen LogP contribution in [0.3, 0.4) is 0 Å². The van der Waals surface area contributed by atoms with Gasteiger partial charge in [-0.05, 0) is 47.7 Å². The van der Waals surface area contributed by atoms with Crippen LogP contribution in [0, 0.1) is 5.82 Å². The van der Waals surface area contributed by atoms with Crippen LogP contribution in [0.25, 0.3) is 0 Å². The molecular formula is C22H19BrFNO2S. The molecule has 3 nitrogen and oxygen atoms in total. The zero-order valence-electron chi connectivity index (χ0n) is 15.5. The molecular weight excluding hydrogens is 441 g/mol. The Bertz CT molecular complexity index is 1060. The summed E-state index contributed by atoms with van der Waals surface area (Å²) in [6, 6.07) is 15.4. The average Bonchev–Trinajstić information content (AvgIpc) is 2.69. The van der Waals surface area contributed by atoms with Crippen molar-refractivity contribution >= 4 is 33.5 Å². The van der Waals surface area contributed by atoms with E-state index in [9.17, 15) is 14.0 Å². The van der Waals surface area contributed by atoms with Crippen LogP contribution in [0.5, 0.6) is 0 Å². The third-order valence-electron chi connectivity index (χ3n) is 4.64. The smallest absolute Gasteiger partial charge is 0.250 e. The largest absolute Gasteiger partial charge is 0.318 e. The second-order valence-corrected chi connectivity index (χ2v) is 8.25. The van der Waals surface area contributed by atoms with Gasteiger partial charge in [-0.1, -0.05) is 34.1 Å². The second kappa shape index (κ2) is 8.88. The summed E-state index contributed by atoms with van der Waals surface area (Å²) in [4.78, 5) is 25.4. The van der Waals surface area contributed by atoms with E-state index in [1.807, 2.05) is 30.5 Å². The molecule has 0 N–H and O–H groups in total. The molecule has 2 aromatic carbocycles. The van der Waals surface area contributed by atoms with Crippen LogP contribution in [-0.2, 0) is 7.05 Å². The van der Waals surface area contributed by atoms with Gasteiger partial charge in [0.2, 0.25) is 5.56 Å². The molecule has 0 aliphatic rings. The first-order valence-corrected chi connectivity index (χ1v) is 10.7. The summed E-state index contributed by atoms with van der Waals surface area (Å²) in [5.74, 6) is -0.590. The van der Waals surface area contributed by atoms with Crippen LogP contribution < -0.4 is 5.56 Å². The Morgan fingerprint density at radius 3 is 2.50 bits per heavy atom. The minimum absolute atomic E-state index is 0.0695. The minimum atomic E-state index is -0.299. The first kappa shape index (κ1) is 20.6. The number of carbonyl (C=O) groups is 1. The van der Waals surface area contributed by atoms with Crippen molar-refractivity contribution < 1.29 is 9.18 Å². The van der Waals surface area contributed by atoms with Gasteiger partial charge in [-0.2, -0.15) is 0 Å². The lowest BCUT2D eigenvalue weighted by Gasteiger charge is -2.20. The van der Waals surface area contributed by atoms with Crippen LogP contribution in [0.1, 0.15) is 33.8 Å². The fourth-order valence-electron chi connectivity index (χ4n) is 3.14. The first-order chi connectivity index (χ1) is 13.4. The SMILES string of the molecule is CSc1cc(F)ccc1C(CC(=O)c1ccc(=O)n(C)c1)c1ccc(Br)cc1. The molecule has 0 radical (unpaired) electrons. The maximum absolute atomic E-state index is 13.7. The summed E-state index contributed by atoms with van der Waals surface area (Å²) in [7, 11) is 1.62. The molecule has 0 spiro atoms. The van der Waals surface area contributed by atoms with Gasteiger partial charge in [-0.3, -0.25) is 9.59 Å². The number of benzene rings is 2. The number of pyridine rings is 1. The number of halogens is 2. The number of hydrogen-bond acceptors (Lipinski definition) is 3. The van der Waals surface area contributed by atoms with E-state index in [1.54, 1.807) is 25.4 Å². The van der Waals surface area contributed by atoms with Crippen LogP contribution >= 0.6 is 27.7 Å². The number of ketones is 1. The zero-order valence-corrected chi connectivity index (χ0v) is 17.9. The van der Waals surface area contributed by atoms with Gasteiger partial charge in [-0.25, -0.2) is 4.39 Å². The van der Waals surface area contributed by atoms with Crippen molar-refractivity contribution in [2.75, 3.05) is 6.26 Å². The van der Waals surface area contributed by atoms with E-state index in [1.165, 1.54) is 34.5 Å². The third-order valence-corrected chi connectivity index (χ3v) is 5.96. The Morgan fingerprint density at radius 1 is 1.14 bits per heavy atom. The molecule has 0 bridgehead atoms. The van der Waals surface area contributed by atoms with Gasteiger partial charge in [-0.15, -0.1) is 11.8 Å². The van der Waals surface area contributed by atoms with Crippen molar-refractivity contribution in [2.24, 2.45) is 7.05 Å². The van der Waals surface area contributed by atoms with Crippen molar-refractivity contribution in [3.63, 3.8) is 0 Å². The van der Waals surface area contributed by atoms with E-state index in [0.717, 1.165) is 20.5 Å². The van der Waals surface area contributed by atoms with E-state index in [0.29, 0.717) is 5.56 Å². The molecule has 1 heterocycles. The fraction of sp³-hybridized carbons (Fsp3) is 0.182. The number of nitrogens with zero attached hydrogens (tertiary/aromatic N) is 1. The molecule has 144 valence electrons. The molecule has 0 saturated heterocycles. The van der Waals surface area contributed by atoms with Crippen molar-refractivity contribution in [1.29, 1.82) is 0 Å². The maximum atomic E-state index is 13.7. The summed E-state index contributed by atoms with van der Waals surface area (Å²) in [5, 5.41) is 0. The highest BCUT2D eigenvalue weighted by Crippen LogP contribution is 2.36. The van der Waals surface area contributed by atoms with Crippen molar-refractivity contribution in [3.8, 4) is 0 Å². The summed E-state index contributed by atoms with van der Waals surface area (Å²) in [6.45, 7) is 0. The minimum Gasteiger partial charge on any atom is -0.318 e. The van der Waals surface area contributed by atoms with E-state index in [-0.39, 0.29) is 29.5 Å². The molecule has 1 aromatic heterocycles. The predicted molar refractivity (Wildman–Crippen MR) is 115 cm³/mol. The first-order valence-electron chi connectivity index (χ1n) is 8.68. The summed E-state index contributed by atoms with van der Waals surface area (Å²) in [5.41, 5.74) is 2.21. The van der Waals surface area contributed by atoms with E-state index < -0.39 is 0 Å². The Morgan fingerprint density at radius 2 is 1.86 bits per heavy atom. The quantitative estimate of drug-likeness (QED) is 0.365. The number of carbonyl (C=O) groups excluding carboxylic acids is 1. The van der Waals surface area contributed by atoms with Gasteiger partial charge >= 0.3 is 0 Å². The molecule has 28 heavy (non-hydrogen) atoms. The molecule has 0 saturated carbocycles. The molecule has 3 aromatic rings. The van der Waals surface area contributed by atoms with Gasteiger partial charge in [0.25, 0.3) is 0 Å². The Labute approximate surface area is 175 Å². The molecule has 1 unspecified atom stereocenters. The summed E-state index contributed by atoms with van der Waals surface area (Å²) >= 11 is 4.89. The number of aryl methyl sites for hydroxylation is 1. The molecule has 0 fully saturated rings. The lowest BCUT2D eigenvalue weighted by atomic mass is 9.86. The Hall–Kier alpha value is -2.18. The molecule has 1 atom stereocenters. The van der Waals surface area contributed by atoms with Gasteiger partial charge in [0.05, 0.1) is 0 Å². The molecule has 0 amide bonds. The monoisotopic (exact) mass is 459 g/mol. The second-order valence-electron chi connectivity index (χ2n) is 6.48. The highest BCUT2D eigenvalue weighted by molar-refractivity contribution is 9.10. The number of hydrogen-bond donors (Lipinski definition) is 0. The van der Waals surface area contributed by atoms with E-state index in [4.69, 9.17) is 0 Å². The standard InChI is InChI=1S/C22H19BrFNO2S/c1-25-13-15(5-10-22(25)27)20(26)12-19(14-3-6-16(23)7-4-14)18-9-8-17(24)11-21(18)28-2/h3-11,13,19H,12H2,1-2H3. The zero-order chi connectivity index (χ0) is 20.3.